The summed E-state index contributed by atoms with van der Waals surface area (Å²) in [7, 11) is 0. The summed E-state index contributed by atoms with van der Waals surface area (Å²) in [6, 6.07) is 7.91. The molecule has 7 nitrogen and oxygen atoms in total. The van der Waals surface area contributed by atoms with E-state index in [4.69, 9.17) is 4.74 Å². The SMILES string of the molecule is OC(COc1cccc2[nH]ccc12)CN1CCC(Cn2ccnn2)CC1. The fourth-order valence-electron chi connectivity index (χ4n) is 3.67. The van der Waals surface area contributed by atoms with E-state index in [-0.39, 0.29) is 0 Å². The van der Waals surface area contributed by atoms with Gasteiger partial charge in [0.1, 0.15) is 18.5 Å². The molecular formula is C19H25N5O2. The van der Waals surface area contributed by atoms with Crippen LogP contribution in [-0.2, 0) is 6.54 Å². The van der Waals surface area contributed by atoms with Crippen molar-refractivity contribution in [3.63, 3.8) is 0 Å². The van der Waals surface area contributed by atoms with Crippen molar-refractivity contribution in [1.82, 2.24) is 24.9 Å². The van der Waals surface area contributed by atoms with Crippen LogP contribution in [0.25, 0.3) is 10.9 Å². The monoisotopic (exact) mass is 355 g/mol. The van der Waals surface area contributed by atoms with Gasteiger partial charge in [-0.15, -0.1) is 5.10 Å². The molecule has 3 aromatic rings. The Balaban J connectivity index is 1.22. The predicted octanol–water partition coefficient (Wildman–Crippen LogP) is 1.91. The Bertz CT molecular complexity index is 808. The van der Waals surface area contributed by atoms with E-state index in [2.05, 4.69) is 20.2 Å². The zero-order chi connectivity index (χ0) is 17.8. The van der Waals surface area contributed by atoms with E-state index < -0.39 is 6.10 Å². The van der Waals surface area contributed by atoms with Crippen molar-refractivity contribution in [2.45, 2.75) is 25.5 Å². The Hall–Kier alpha value is -2.38. The minimum Gasteiger partial charge on any atom is -0.490 e. The van der Waals surface area contributed by atoms with Crippen LogP contribution in [0.4, 0.5) is 0 Å². The van der Waals surface area contributed by atoms with Crippen LogP contribution in [0.1, 0.15) is 12.8 Å². The highest BCUT2D eigenvalue weighted by Gasteiger charge is 2.22. The van der Waals surface area contributed by atoms with Gasteiger partial charge in [-0.1, -0.05) is 11.3 Å². The summed E-state index contributed by atoms with van der Waals surface area (Å²) in [5.74, 6) is 1.45. The average molecular weight is 355 g/mol. The van der Waals surface area contributed by atoms with Gasteiger partial charge in [0.25, 0.3) is 0 Å². The second-order valence-corrected chi connectivity index (χ2v) is 7.03. The lowest BCUT2D eigenvalue weighted by Crippen LogP contribution is -2.41. The number of nitrogens with one attached hydrogen (secondary N) is 1. The topological polar surface area (TPSA) is 79.2 Å². The molecular weight excluding hydrogens is 330 g/mol. The highest BCUT2D eigenvalue weighted by Crippen LogP contribution is 2.24. The lowest BCUT2D eigenvalue weighted by Gasteiger charge is -2.33. The van der Waals surface area contributed by atoms with Crippen molar-refractivity contribution in [2.24, 2.45) is 5.92 Å². The number of nitrogens with zero attached hydrogens (tertiary/aromatic N) is 4. The third-order valence-corrected chi connectivity index (χ3v) is 5.08. The molecule has 138 valence electrons. The van der Waals surface area contributed by atoms with Crippen LogP contribution in [-0.4, -0.2) is 62.3 Å². The highest BCUT2D eigenvalue weighted by molar-refractivity contribution is 5.85. The minimum absolute atomic E-state index is 0.309. The third-order valence-electron chi connectivity index (χ3n) is 5.08. The molecule has 7 heteroatoms. The molecule has 4 rings (SSSR count). The smallest absolute Gasteiger partial charge is 0.128 e. The van der Waals surface area contributed by atoms with Gasteiger partial charge in [0.15, 0.2) is 0 Å². The summed E-state index contributed by atoms with van der Waals surface area (Å²) in [6.07, 6.45) is 7.29. The number of hydrogen-bond donors (Lipinski definition) is 2. The van der Waals surface area contributed by atoms with Crippen LogP contribution in [0.2, 0.25) is 0 Å². The van der Waals surface area contributed by atoms with E-state index in [1.807, 2.05) is 41.3 Å². The van der Waals surface area contributed by atoms with Crippen molar-refractivity contribution < 1.29 is 9.84 Å². The molecule has 2 N–H and O–H groups in total. The third kappa shape index (κ3) is 4.05. The molecule has 1 aromatic carbocycles. The molecule has 0 aliphatic carbocycles. The summed E-state index contributed by atoms with van der Waals surface area (Å²) in [5, 5.41) is 19.3. The molecule has 0 saturated carbocycles. The molecule has 1 saturated heterocycles. The van der Waals surface area contributed by atoms with Gasteiger partial charge in [0.2, 0.25) is 0 Å². The Kier molecular flexibility index (Phi) is 5.17. The van der Waals surface area contributed by atoms with E-state index in [0.717, 1.165) is 49.1 Å². The van der Waals surface area contributed by atoms with E-state index >= 15 is 0 Å². The number of aromatic nitrogens is 4. The fourth-order valence-corrected chi connectivity index (χ4v) is 3.67. The maximum atomic E-state index is 10.4. The number of ether oxygens (including phenoxy) is 1. The summed E-state index contributed by atoms with van der Waals surface area (Å²) < 4.78 is 7.76. The number of benzene rings is 1. The molecule has 1 aliphatic heterocycles. The number of aromatic amines is 1. The quantitative estimate of drug-likeness (QED) is 0.677. The Labute approximate surface area is 152 Å². The van der Waals surface area contributed by atoms with Crippen molar-refractivity contribution in [3.8, 4) is 5.75 Å². The van der Waals surface area contributed by atoms with Crippen LogP contribution in [0.15, 0.2) is 42.9 Å². The largest absolute Gasteiger partial charge is 0.490 e. The molecule has 26 heavy (non-hydrogen) atoms. The molecule has 1 unspecified atom stereocenters. The fraction of sp³-hybridized carbons (Fsp3) is 0.474. The van der Waals surface area contributed by atoms with Gasteiger partial charge < -0.3 is 19.7 Å². The standard InChI is InChI=1S/C19H25N5O2/c25-16(14-26-19-3-1-2-18-17(19)4-7-20-18)13-23-9-5-15(6-10-23)12-24-11-8-21-22-24/h1-4,7-8,11,15-16,20,25H,5-6,9-10,12-14H2. The summed E-state index contributed by atoms with van der Waals surface area (Å²) in [4.78, 5) is 5.49. The van der Waals surface area contributed by atoms with Crippen LogP contribution < -0.4 is 4.74 Å². The number of aliphatic hydroxyl groups is 1. The van der Waals surface area contributed by atoms with Gasteiger partial charge in [-0.2, -0.15) is 0 Å². The number of fused-ring (bicyclic) bond motifs is 1. The van der Waals surface area contributed by atoms with Crippen LogP contribution >= 0.6 is 0 Å². The Morgan fingerprint density at radius 1 is 1.27 bits per heavy atom. The van der Waals surface area contributed by atoms with E-state index in [1.165, 1.54) is 0 Å². The number of H-pyrrole nitrogens is 1. The minimum atomic E-state index is -0.490. The second kappa shape index (κ2) is 7.88. The zero-order valence-electron chi connectivity index (χ0n) is 14.8. The predicted molar refractivity (Wildman–Crippen MR) is 99.0 cm³/mol. The zero-order valence-corrected chi connectivity index (χ0v) is 14.8. The Morgan fingerprint density at radius 2 is 2.15 bits per heavy atom. The average Bonchev–Trinajstić information content (AvgIpc) is 3.33. The van der Waals surface area contributed by atoms with Gasteiger partial charge >= 0.3 is 0 Å². The number of β-amino-alcohol motifs (C(OH)–C–C–N with tert-alkyl or cyclic N) is 1. The van der Waals surface area contributed by atoms with Crippen molar-refractivity contribution in [3.05, 3.63) is 42.9 Å². The first-order valence-corrected chi connectivity index (χ1v) is 9.21. The van der Waals surface area contributed by atoms with Gasteiger partial charge in [-0.3, -0.25) is 4.68 Å². The molecule has 2 aromatic heterocycles. The molecule has 0 spiro atoms. The Morgan fingerprint density at radius 3 is 2.96 bits per heavy atom. The van der Waals surface area contributed by atoms with E-state index in [1.54, 1.807) is 6.20 Å². The number of rotatable bonds is 7. The van der Waals surface area contributed by atoms with Gasteiger partial charge in [0.05, 0.1) is 6.20 Å². The molecule has 1 fully saturated rings. The number of aliphatic hydroxyl groups excluding tert-OH is 1. The molecule has 1 aliphatic rings. The highest BCUT2D eigenvalue weighted by atomic mass is 16.5. The van der Waals surface area contributed by atoms with Crippen LogP contribution in [0, 0.1) is 5.92 Å². The molecule has 0 bridgehead atoms. The summed E-state index contributed by atoms with van der Waals surface area (Å²) in [6.45, 7) is 3.90. The van der Waals surface area contributed by atoms with E-state index in [0.29, 0.717) is 19.1 Å². The van der Waals surface area contributed by atoms with Crippen molar-refractivity contribution in [1.29, 1.82) is 0 Å². The van der Waals surface area contributed by atoms with Crippen LogP contribution in [0.5, 0.6) is 5.75 Å². The molecule has 1 atom stereocenters. The number of likely N-dealkylation sites (tertiary alicyclic amines) is 1. The molecule has 0 radical (unpaired) electrons. The summed E-state index contributed by atoms with van der Waals surface area (Å²) >= 11 is 0. The maximum absolute atomic E-state index is 10.4. The lowest BCUT2D eigenvalue weighted by atomic mass is 9.96. The van der Waals surface area contributed by atoms with Gasteiger partial charge in [0, 0.05) is 36.4 Å². The van der Waals surface area contributed by atoms with Gasteiger partial charge in [-0.05, 0) is 50.0 Å². The number of hydrogen-bond acceptors (Lipinski definition) is 5. The van der Waals surface area contributed by atoms with Crippen molar-refractivity contribution >= 4 is 10.9 Å². The number of piperidine rings is 1. The first kappa shape index (κ1) is 17.1. The normalized spacial score (nSPS) is 17.6. The van der Waals surface area contributed by atoms with Crippen LogP contribution in [0.3, 0.4) is 0 Å². The van der Waals surface area contributed by atoms with Gasteiger partial charge in [-0.25, -0.2) is 0 Å². The lowest BCUT2D eigenvalue weighted by molar-refractivity contribution is 0.0537. The first-order valence-electron chi connectivity index (χ1n) is 9.21. The summed E-state index contributed by atoms with van der Waals surface area (Å²) in [5.41, 5.74) is 1.05. The first-order chi connectivity index (χ1) is 12.8. The van der Waals surface area contributed by atoms with Crippen molar-refractivity contribution in [2.75, 3.05) is 26.2 Å². The molecule has 0 amide bonds. The second-order valence-electron chi connectivity index (χ2n) is 7.03. The van der Waals surface area contributed by atoms with E-state index in [9.17, 15) is 5.11 Å². The molecule has 3 heterocycles. The maximum Gasteiger partial charge on any atom is 0.128 e.